The van der Waals surface area contributed by atoms with Gasteiger partial charge in [-0.05, 0) is 31.2 Å². The standard InChI is InChI=1S/C12H20N4O3/c1-9(10-2-3-10)4-13-6-12(17)8-15-7-11(5-14-15)16(18)19/h5,7,9-10,12-13,17H,2-4,6,8H2,1H3. The maximum absolute atomic E-state index is 10.5. The van der Waals surface area contributed by atoms with E-state index in [9.17, 15) is 15.2 Å². The Morgan fingerprint density at radius 1 is 1.63 bits per heavy atom. The Balaban J connectivity index is 1.67. The third-order valence-electron chi connectivity index (χ3n) is 3.50. The van der Waals surface area contributed by atoms with Gasteiger partial charge in [0.05, 0.1) is 17.6 Å². The Bertz CT molecular complexity index is 430. The minimum Gasteiger partial charge on any atom is -0.390 e. The highest BCUT2D eigenvalue weighted by molar-refractivity contribution is 5.20. The van der Waals surface area contributed by atoms with Crippen LogP contribution in [0.3, 0.4) is 0 Å². The first-order valence-electron chi connectivity index (χ1n) is 6.62. The van der Waals surface area contributed by atoms with Crippen molar-refractivity contribution >= 4 is 5.69 Å². The highest BCUT2D eigenvalue weighted by Crippen LogP contribution is 2.35. The van der Waals surface area contributed by atoms with Gasteiger partial charge in [0.2, 0.25) is 0 Å². The van der Waals surface area contributed by atoms with E-state index >= 15 is 0 Å². The van der Waals surface area contributed by atoms with Crippen molar-refractivity contribution in [2.75, 3.05) is 13.1 Å². The second-order valence-corrected chi connectivity index (χ2v) is 5.30. The lowest BCUT2D eigenvalue weighted by atomic mass is 10.1. The Morgan fingerprint density at radius 2 is 2.37 bits per heavy atom. The van der Waals surface area contributed by atoms with Crippen LogP contribution in [0.2, 0.25) is 0 Å². The molecule has 0 saturated heterocycles. The molecule has 2 rings (SSSR count). The van der Waals surface area contributed by atoms with Gasteiger partial charge in [-0.2, -0.15) is 5.10 Å². The molecule has 1 saturated carbocycles. The lowest BCUT2D eigenvalue weighted by Crippen LogP contribution is -2.33. The molecular formula is C12H20N4O3. The zero-order chi connectivity index (χ0) is 13.8. The molecule has 1 heterocycles. The summed E-state index contributed by atoms with van der Waals surface area (Å²) in [5, 5.41) is 27.4. The van der Waals surface area contributed by atoms with E-state index in [4.69, 9.17) is 0 Å². The number of nitrogens with zero attached hydrogens (tertiary/aromatic N) is 3. The Hall–Kier alpha value is -1.47. The predicted molar refractivity (Wildman–Crippen MR) is 69.6 cm³/mol. The normalized spacial score (nSPS) is 18.2. The average Bonchev–Trinajstić information content (AvgIpc) is 3.10. The van der Waals surface area contributed by atoms with E-state index in [0.717, 1.165) is 12.5 Å². The number of aliphatic hydroxyl groups excluding tert-OH is 1. The number of nitro groups is 1. The van der Waals surface area contributed by atoms with Gasteiger partial charge in [-0.3, -0.25) is 14.8 Å². The van der Waals surface area contributed by atoms with Crippen molar-refractivity contribution < 1.29 is 10.0 Å². The van der Waals surface area contributed by atoms with Crippen LogP contribution in [0.25, 0.3) is 0 Å². The molecule has 1 aliphatic carbocycles. The fourth-order valence-electron chi connectivity index (χ4n) is 2.14. The zero-order valence-corrected chi connectivity index (χ0v) is 11.0. The van der Waals surface area contributed by atoms with Crippen LogP contribution < -0.4 is 5.32 Å². The molecule has 2 unspecified atom stereocenters. The maximum atomic E-state index is 10.5. The molecule has 7 nitrogen and oxygen atoms in total. The van der Waals surface area contributed by atoms with Gasteiger partial charge in [0.1, 0.15) is 12.4 Å². The van der Waals surface area contributed by atoms with Crippen LogP contribution in [0, 0.1) is 22.0 Å². The van der Waals surface area contributed by atoms with Crippen LogP contribution in [0.4, 0.5) is 5.69 Å². The largest absolute Gasteiger partial charge is 0.390 e. The van der Waals surface area contributed by atoms with Crippen molar-refractivity contribution in [3.63, 3.8) is 0 Å². The van der Waals surface area contributed by atoms with Gasteiger partial charge in [-0.1, -0.05) is 6.92 Å². The van der Waals surface area contributed by atoms with E-state index in [1.807, 2.05) is 0 Å². The molecule has 1 aliphatic rings. The number of hydrogen-bond donors (Lipinski definition) is 2. The summed E-state index contributed by atoms with van der Waals surface area (Å²) in [5.41, 5.74) is -0.0532. The van der Waals surface area contributed by atoms with E-state index in [1.165, 1.54) is 29.9 Å². The number of hydrogen-bond acceptors (Lipinski definition) is 5. The molecule has 0 spiro atoms. The van der Waals surface area contributed by atoms with Crippen molar-refractivity contribution in [1.82, 2.24) is 15.1 Å². The average molecular weight is 268 g/mol. The SMILES string of the molecule is CC(CNCC(O)Cn1cc([N+](=O)[O-])cn1)C1CC1. The van der Waals surface area contributed by atoms with Gasteiger partial charge in [-0.25, -0.2) is 0 Å². The molecule has 0 aromatic carbocycles. The molecule has 0 bridgehead atoms. The third kappa shape index (κ3) is 4.29. The lowest BCUT2D eigenvalue weighted by Gasteiger charge is -2.14. The van der Waals surface area contributed by atoms with Gasteiger partial charge < -0.3 is 10.4 Å². The van der Waals surface area contributed by atoms with E-state index < -0.39 is 11.0 Å². The number of aliphatic hydroxyl groups is 1. The number of rotatable bonds is 8. The minimum atomic E-state index is -0.592. The fourth-order valence-corrected chi connectivity index (χ4v) is 2.14. The van der Waals surface area contributed by atoms with E-state index in [2.05, 4.69) is 17.3 Å². The van der Waals surface area contributed by atoms with Crippen LogP contribution in [-0.2, 0) is 6.54 Å². The van der Waals surface area contributed by atoms with Crippen LogP contribution in [0.1, 0.15) is 19.8 Å². The quantitative estimate of drug-likeness (QED) is 0.537. The molecule has 0 aliphatic heterocycles. The molecule has 1 aromatic heterocycles. The topological polar surface area (TPSA) is 93.2 Å². The summed E-state index contributed by atoms with van der Waals surface area (Å²) in [5.74, 6) is 1.50. The first-order chi connectivity index (χ1) is 9.06. The highest BCUT2D eigenvalue weighted by atomic mass is 16.6. The lowest BCUT2D eigenvalue weighted by molar-refractivity contribution is -0.385. The molecular weight excluding hydrogens is 248 g/mol. The van der Waals surface area contributed by atoms with Crippen molar-refractivity contribution in [2.45, 2.75) is 32.4 Å². The molecule has 2 atom stereocenters. The highest BCUT2D eigenvalue weighted by Gasteiger charge is 2.27. The van der Waals surface area contributed by atoms with Gasteiger partial charge >= 0.3 is 5.69 Å². The van der Waals surface area contributed by atoms with E-state index in [0.29, 0.717) is 12.5 Å². The van der Waals surface area contributed by atoms with E-state index in [-0.39, 0.29) is 12.2 Å². The maximum Gasteiger partial charge on any atom is 0.306 e. The molecule has 1 fully saturated rings. The van der Waals surface area contributed by atoms with Crippen molar-refractivity contribution in [2.24, 2.45) is 11.8 Å². The summed E-state index contributed by atoms with van der Waals surface area (Å²) in [7, 11) is 0. The number of aromatic nitrogens is 2. The molecule has 2 N–H and O–H groups in total. The van der Waals surface area contributed by atoms with Crippen LogP contribution >= 0.6 is 0 Å². The first-order valence-corrected chi connectivity index (χ1v) is 6.62. The summed E-state index contributed by atoms with van der Waals surface area (Å²) in [6, 6.07) is 0. The molecule has 0 radical (unpaired) electrons. The van der Waals surface area contributed by atoms with Crippen LogP contribution in [0.5, 0.6) is 0 Å². The molecule has 19 heavy (non-hydrogen) atoms. The van der Waals surface area contributed by atoms with Crippen molar-refractivity contribution in [3.8, 4) is 0 Å². The van der Waals surface area contributed by atoms with Crippen LogP contribution in [0.15, 0.2) is 12.4 Å². The molecule has 1 aromatic rings. The predicted octanol–water partition coefficient (Wildman–Crippen LogP) is 0.788. The minimum absolute atomic E-state index is 0.0532. The van der Waals surface area contributed by atoms with Gasteiger partial charge in [0.15, 0.2) is 0 Å². The second-order valence-electron chi connectivity index (χ2n) is 5.30. The van der Waals surface area contributed by atoms with Gasteiger partial charge in [0, 0.05) is 6.54 Å². The van der Waals surface area contributed by atoms with E-state index in [1.54, 1.807) is 0 Å². The summed E-state index contributed by atoms with van der Waals surface area (Å²) >= 11 is 0. The Kier molecular flexibility index (Phi) is 4.49. The van der Waals surface area contributed by atoms with Crippen LogP contribution in [-0.4, -0.2) is 39.0 Å². The van der Waals surface area contributed by atoms with Gasteiger partial charge in [-0.15, -0.1) is 0 Å². The summed E-state index contributed by atoms with van der Waals surface area (Å²) in [4.78, 5) is 10.00. The smallest absolute Gasteiger partial charge is 0.306 e. The summed E-state index contributed by atoms with van der Waals surface area (Å²) in [6.45, 7) is 3.86. The summed E-state index contributed by atoms with van der Waals surface area (Å²) < 4.78 is 1.40. The number of nitrogens with one attached hydrogen (secondary N) is 1. The monoisotopic (exact) mass is 268 g/mol. The second kappa shape index (κ2) is 6.12. The zero-order valence-electron chi connectivity index (χ0n) is 11.0. The third-order valence-corrected chi connectivity index (χ3v) is 3.50. The summed E-state index contributed by atoms with van der Waals surface area (Å²) in [6.07, 6.45) is 4.57. The molecule has 106 valence electrons. The molecule has 7 heteroatoms. The molecule has 0 amide bonds. The van der Waals surface area contributed by atoms with Gasteiger partial charge in [0.25, 0.3) is 0 Å². The van der Waals surface area contributed by atoms with Crippen molar-refractivity contribution in [1.29, 1.82) is 0 Å². The Morgan fingerprint density at radius 3 is 2.95 bits per heavy atom. The first kappa shape index (κ1) is 14.0. The van der Waals surface area contributed by atoms with Crippen molar-refractivity contribution in [3.05, 3.63) is 22.5 Å². The Labute approximate surface area is 111 Å². The fraction of sp³-hybridized carbons (Fsp3) is 0.750.